The Balaban J connectivity index is 1.89. The average molecular weight is 305 g/mol. The Bertz CT molecular complexity index is 560. The molecule has 0 radical (unpaired) electrons. The summed E-state index contributed by atoms with van der Waals surface area (Å²) in [5, 5.41) is 0. The minimum absolute atomic E-state index is 0.0401. The number of carbonyl (C=O) groups is 2. The molecule has 5 nitrogen and oxygen atoms in total. The molecule has 22 heavy (non-hydrogen) atoms. The van der Waals surface area contributed by atoms with E-state index >= 15 is 0 Å². The van der Waals surface area contributed by atoms with Crippen molar-refractivity contribution in [2.24, 2.45) is 5.92 Å². The van der Waals surface area contributed by atoms with E-state index in [0.717, 1.165) is 5.56 Å². The van der Waals surface area contributed by atoms with E-state index in [1.165, 1.54) is 0 Å². The molecule has 0 aromatic carbocycles. The fourth-order valence-electron chi connectivity index (χ4n) is 3.40. The molecule has 2 atom stereocenters. The Labute approximate surface area is 129 Å². The lowest BCUT2D eigenvalue weighted by Gasteiger charge is -2.44. The number of alkyl halides is 1. The maximum atomic E-state index is 13.1. The van der Waals surface area contributed by atoms with E-state index in [9.17, 15) is 14.0 Å². The summed E-state index contributed by atoms with van der Waals surface area (Å²) in [5.41, 5.74) is 0.917. The van der Waals surface area contributed by atoms with E-state index in [1.54, 1.807) is 22.2 Å². The summed E-state index contributed by atoms with van der Waals surface area (Å²) >= 11 is 0. The molecule has 0 unspecified atom stereocenters. The number of hydrogen-bond donors (Lipinski definition) is 0. The van der Waals surface area contributed by atoms with Crippen molar-refractivity contribution < 1.29 is 14.0 Å². The number of amides is 2. The summed E-state index contributed by atoms with van der Waals surface area (Å²) in [7, 11) is 0. The van der Waals surface area contributed by atoms with Gasteiger partial charge in [0.25, 0.3) is 0 Å². The van der Waals surface area contributed by atoms with Gasteiger partial charge in [0.1, 0.15) is 6.17 Å². The van der Waals surface area contributed by atoms with Gasteiger partial charge in [0.15, 0.2) is 0 Å². The largest absolute Gasteiger partial charge is 0.336 e. The first-order valence-electron chi connectivity index (χ1n) is 7.74. The third-order valence-electron chi connectivity index (χ3n) is 4.56. The standard InChI is InChI=1S/C16H20FN3O2/c1-2-20-14(21)4-3-13(16(22)19-9-12(17)10-19)15(20)11-5-7-18-8-6-11/h5-8,12-13,15H,2-4,9-10H2,1H3/t13-,15+/m0/s1. The quantitative estimate of drug-likeness (QED) is 0.851. The van der Waals surface area contributed by atoms with E-state index in [1.807, 2.05) is 19.1 Å². The highest BCUT2D eigenvalue weighted by Crippen LogP contribution is 2.38. The fourth-order valence-corrected chi connectivity index (χ4v) is 3.40. The van der Waals surface area contributed by atoms with Gasteiger partial charge < -0.3 is 9.80 Å². The van der Waals surface area contributed by atoms with Gasteiger partial charge in [0, 0.05) is 25.4 Å². The van der Waals surface area contributed by atoms with Crippen LogP contribution in [-0.2, 0) is 9.59 Å². The molecule has 2 amide bonds. The molecular weight excluding hydrogens is 285 g/mol. The summed E-state index contributed by atoms with van der Waals surface area (Å²) in [6.07, 6.45) is 3.33. The molecule has 0 saturated carbocycles. The van der Waals surface area contributed by atoms with Gasteiger partial charge in [-0.05, 0) is 31.0 Å². The van der Waals surface area contributed by atoms with Crippen LogP contribution >= 0.6 is 0 Å². The van der Waals surface area contributed by atoms with E-state index in [4.69, 9.17) is 0 Å². The number of piperidine rings is 1. The number of nitrogens with zero attached hydrogens (tertiary/aromatic N) is 3. The van der Waals surface area contributed by atoms with Gasteiger partial charge in [-0.15, -0.1) is 0 Å². The predicted molar refractivity (Wildman–Crippen MR) is 78.6 cm³/mol. The molecule has 0 spiro atoms. The molecule has 0 aliphatic carbocycles. The summed E-state index contributed by atoms with van der Waals surface area (Å²) in [5.74, 6) is -0.269. The van der Waals surface area contributed by atoms with Crippen molar-refractivity contribution >= 4 is 11.8 Å². The summed E-state index contributed by atoms with van der Waals surface area (Å²) in [4.78, 5) is 32.2. The Kier molecular flexibility index (Phi) is 4.09. The second-order valence-electron chi connectivity index (χ2n) is 5.89. The highest BCUT2D eigenvalue weighted by atomic mass is 19.1. The molecule has 3 rings (SSSR count). The number of rotatable bonds is 3. The Hall–Kier alpha value is -1.98. The van der Waals surface area contributed by atoms with Gasteiger partial charge in [-0.2, -0.15) is 0 Å². The Morgan fingerprint density at radius 2 is 2.05 bits per heavy atom. The van der Waals surface area contributed by atoms with Crippen LogP contribution in [0.3, 0.4) is 0 Å². The second-order valence-corrected chi connectivity index (χ2v) is 5.89. The van der Waals surface area contributed by atoms with Crippen molar-refractivity contribution in [2.75, 3.05) is 19.6 Å². The van der Waals surface area contributed by atoms with Gasteiger partial charge >= 0.3 is 0 Å². The third kappa shape index (κ3) is 2.58. The van der Waals surface area contributed by atoms with Crippen LogP contribution in [0.5, 0.6) is 0 Å². The van der Waals surface area contributed by atoms with Crippen molar-refractivity contribution in [1.29, 1.82) is 0 Å². The van der Waals surface area contributed by atoms with Gasteiger partial charge in [-0.3, -0.25) is 14.6 Å². The zero-order chi connectivity index (χ0) is 15.7. The Morgan fingerprint density at radius 3 is 2.64 bits per heavy atom. The number of aromatic nitrogens is 1. The van der Waals surface area contributed by atoms with E-state index in [2.05, 4.69) is 4.98 Å². The molecule has 1 aromatic heterocycles. The summed E-state index contributed by atoms with van der Waals surface area (Å²) < 4.78 is 13.1. The molecule has 2 aliphatic rings. The van der Waals surface area contributed by atoms with Crippen molar-refractivity contribution in [1.82, 2.24) is 14.8 Å². The van der Waals surface area contributed by atoms with Crippen molar-refractivity contribution in [3.63, 3.8) is 0 Å². The number of likely N-dealkylation sites (tertiary alicyclic amines) is 2. The minimum atomic E-state index is -0.907. The van der Waals surface area contributed by atoms with Crippen LogP contribution < -0.4 is 0 Å². The highest BCUT2D eigenvalue weighted by Gasteiger charge is 2.43. The van der Waals surface area contributed by atoms with Gasteiger partial charge in [0.05, 0.1) is 25.0 Å². The maximum Gasteiger partial charge on any atom is 0.228 e. The molecular formula is C16H20FN3O2. The average Bonchev–Trinajstić information content (AvgIpc) is 2.51. The lowest BCUT2D eigenvalue weighted by atomic mass is 9.83. The highest BCUT2D eigenvalue weighted by molar-refractivity contribution is 5.85. The number of carbonyl (C=O) groups excluding carboxylic acids is 2. The molecule has 0 N–H and O–H groups in total. The van der Waals surface area contributed by atoms with Crippen LogP contribution in [-0.4, -0.2) is 52.4 Å². The zero-order valence-electron chi connectivity index (χ0n) is 12.6. The van der Waals surface area contributed by atoms with Crippen LogP contribution in [0.25, 0.3) is 0 Å². The lowest BCUT2D eigenvalue weighted by Crippen LogP contribution is -2.56. The number of hydrogen-bond acceptors (Lipinski definition) is 3. The monoisotopic (exact) mass is 305 g/mol. The van der Waals surface area contributed by atoms with Crippen LogP contribution in [0.15, 0.2) is 24.5 Å². The number of pyridine rings is 1. The molecule has 1 aromatic rings. The van der Waals surface area contributed by atoms with E-state index < -0.39 is 6.17 Å². The Morgan fingerprint density at radius 1 is 1.36 bits per heavy atom. The van der Waals surface area contributed by atoms with Crippen LogP contribution in [0, 0.1) is 5.92 Å². The molecule has 6 heteroatoms. The maximum absolute atomic E-state index is 13.1. The van der Waals surface area contributed by atoms with Gasteiger partial charge in [0.2, 0.25) is 11.8 Å². The summed E-state index contributed by atoms with van der Waals surface area (Å²) in [6, 6.07) is 3.42. The molecule has 2 fully saturated rings. The fraction of sp³-hybridized carbons (Fsp3) is 0.562. The summed E-state index contributed by atoms with van der Waals surface area (Å²) in [6.45, 7) is 2.83. The molecule has 2 saturated heterocycles. The minimum Gasteiger partial charge on any atom is -0.336 e. The normalized spacial score (nSPS) is 26.0. The first kappa shape index (κ1) is 14.9. The van der Waals surface area contributed by atoms with Crippen molar-refractivity contribution in [3.8, 4) is 0 Å². The predicted octanol–water partition coefficient (Wildman–Crippen LogP) is 1.56. The van der Waals surface area contributed by atoms with Crippen LogP contribution in [0.1, 0.15) is 31.4 Å². The zero-order valence-corrected chi connectivity index (χ0v) is 12.6. The van der Waals surface area contributed by atoms with Crippen LogP contribution in [0.4, 0.5) is 4.39 Å². The molecule has 2 aliphatic heterocycles. The van der Waals surface area contributed by atoms with Crippen LogP contribution in [0.2, 0.25) is 0 Å². The lowest BCUT2D eigenvalue weighted by molar-refractivity contribution is -0.152. The number of halogens is 1. The van der Waals surface area contributed by atoms with Crippen molar-refractivity contribution in [2.45, 2.75) is 32.0 Å². The smallest absolute Gasteiger partial charge is 0.228 e. The van der Waals surface area contributed by atoms with Gasteiger partial charge in [-0.25, -0.2) is 4.39 Å². The van der Waals surface area contributed by atoms with Gasteiger partial charge in [-0.1, -0.05) is 0 Å². The molecule has 118 valence electrons. The second kappa shape index (κ2) is 6.02. The van der Waals surface area contributed by atoms with E-state index in [0.29, 0.717) is 19.4 Å². The molecule has 3 heterocycles. The van der Waals surface area contributed by atoms with E-state index in [-0.39, 0.29) is 36.9 Å². The van der Waals surface area contributed by atoms with Crippen molar-refractivity contribution in [3.05, 3.63) is 30.1 Å². The third-order valence-corrected chi connectivity index (χ3v) is 4.56. The molecule has 0 bridgehead atoms. The first-order chi connectivity index (χ1) is 10.6. The first-order valence-corrected chi connectivity index (χ1v) is 7.74. The SMILES string of the molecule is CCN1C(=O)CC[C@H](C(=O)N2CC(F)C2)[C@H]1c1ccncc1. The topological polar surface area (TPSA) is 53.5 Å².